The highest BCUT2D eigenvalue weighted by Crippen LogP contribution is 2.31. The topological polar surface area (TPSA) is 62.9 Å². The van der Waals surface area contributed by atoms with Crippen molar-refractivity contribution in [3.8, 4) is 22.6 Å². The second kappa shape index (κ2) is 13.1. The Kier molecular flexibility index (Phi) is 9.39. The van der Waals surface area contributed by atoms with Gasteiger partial charge in [0.05, 0.1) is 5.56 Å². The predicted molar refractivity (Wildman–Crippen MR) is 151 cm³/mol. The minimum atomic E-state index is -0.405. The largest absolute Gasteiger partial charge is 0.508 e. The first-order chi connectivity index (χ1) is 18.2. The van der Waals surface area contributed by atoms with Gasteiger partial charge in [-0.1, -0.05) is 69.2 Å². The molecule has 5 nitrogen and oxygen atoms in total. The Morgan fingerprint density at radius 3 is 2.30 bits per heavy atom. The van der Waals surface area contributed by atoms with Crippen molar-refractivity contribution in [2.24, 2.45) is 0 Å². The van der Waals surface area contributed by atoms with Crippen molar-refractivity contribution >= 4 is 11.0 Å². The average molecular weight is 500 g/mol. The van der Waals surface area contributed by atoms with Crippen LogP contribution in [0, 0.1) is 0 Å². The van der Waals surface area contributed by atoms with E-state index >= 15 is 0 Å². The van der Waals surface area contributed by atoms with Gasteiger partial charge >= 0.3 is 5.63 Å². The molecule has 1 aliphatic rings. The van der Waals surface area contributed by atoms with Gasteiger partial charge in [0.1, 0.15) is 23.7 Å². The van der Waals surface area contributed by atoms with E-state index in [-0.39, 0.29) is 5.75 Å². The summed E-state index contributed by atoms with van der Waals surface area (Å²) in [6.45, 7) is 7.98. The Hall–Kier alpha value is -3.57. The maximum atomic E-state index is 13.0. The molecule has 1 fully saturated rings. The lowest BCUT2D eigenvalue weighted by Gasteiger charge is -2.19. The lowest BCUT2D eigenvalue weighted by molar-refractivity contribution is 0.214. The van der Waals surface area contributed by atoms with Crippen LogP contribution in [0.2, 0.25) is 0 Å². The lowest BCUT2D eigenvalue weighted by Crippen LogP contribution is -2.29. The van der Waals surface area contributed by atoms with Gasteiger partial charge in [0.25, 0.3) is 0 Å². The van der Waals surface area contributed by atoms with Crippen molar-refractivity contribution < 1.29 is 14.3 Å². The molecule has 0 unspecified atom stereocenters. The van der Waals surface area contributed by atoms with Crippen molar-refractivity contribution in [2.75, 3.05) is 26.2 Å². The number of rotatable bonds is 7. The van der Waals surface area contributed by atoms with E-state index in [0.717, 1.165) is 34.4 Å². The Labute approximate surface area is 219 Å². The zero-order valence-electron chi connectivity index (χ0n) is 21.9. The Bertz CT molecular complexity index is 1320. The molecule has 1 N–H and O–H groups in total. The third-order valence-electron chi connectivity index (χ3n) is 6.74. The zero-order valence-corrected chi connectivity index (χ0v) is 21.9. The van der Waals surface area contributed by atoms with Crippen molar-refractivity contribution in [3.05, 3.63) is 94.3 Å². The van der Waals surface area contributed by atoms with E-state index < -0.39 is 5.63 Å². The highest BCUT2D eigenvalue weighted by Gasteiger charge is 2.17. The predicted octanol–water partition coefficient (Wildman–Crippen LogP) is 7.04. The molecule has 0 saturated carbocycles. The molecule has 0 atom stereocenters. The molecule has 194 valence electrons. The summed E-state index contributed by atoms with van der Waals surface area (Å²) in [5.74, 6) is 0.926. The van der Waals surface area contributed by atoms with Crippen LogP contribution in [0.4, 0.5) is 0 Å². The summed E-state index contributed by atoms with van der Waals surface area (Å²) in [5.41, 5.74) is 3.32. The van der Waals surface area contributed by atoms with Gasteiger partial charge in [0.15, 0.2) is 0 Å². The standard InChI is InChI=1S/C30H31NO4.C2H6/c32-24-12-15-26-27(29(23-8-4-3-5-9-23)30(33)35-28(26)21-24)20-22-10-13-25(14-11-22)34-19-18-31-16-6-1-2-7-17-31;1-2/h3-5,8-15,21,32H,1-2,6-7,16-20H2;1-2H3. The zero-order chi connectivity index (χ0) is 26.0. The van der Waals surface area contributed by atoms with E-state index in [2.05, 4.69) is 17.0 Å². The van der Waals surface area contributed by atoms with E-state index in [9.17, 15) is 9.90 Å². The normalized spacial score (nSPS) is 14.0. The third-order valence-corrected chi connectivity index (χ3v) is 6.74. The van der Waals surface area contributed by atoms with E-state index in [1.165, 1.54) is 44.8 Å². The third kappa shape index (κ3) is 6.80. The number of hydrogen-bond donors (Lipinski definition) is 1. The van der Waals surface area contributed by atoms with Gasteiger partial charge in [0.2, 0.25) is 0 Å². The van der Waals surface area contributed by atoms with Crippen molar-refractivity contribution in [1.82, 2.24) is 4.90 Å². The van der Waals surface area contributed by atoms with E-state index in [0.29, 0.717) is 24.2 Å². The first kappa shape index (κ1) is 26.5. The van der Waals surface area contributed by atoms with Crippen LogP contribution in [-0.2, 0) is 6.42 Å². The summed E-state index contributed by atoms with van der Waals surface area (Å²) in [5, 5.41) is 10.7. The minimum Gasteiger partial charge on any atom is -0.508 e. The maximum absolute atomic E-state index is 13.0. The average Bonchev–Trinajstić information content (AvgIpc) is 3.20. The van der Waals surface area contributed by atoms with E-state index in [1.54, 1.807) is 6.07 Å². The van der Waals surface area contributed by atoms with Gasteiger partial charge in [-0.3, -0.25) is 4.90 Å². The number of ether oxygens (including phenoxy) is 1. The second-order valence-corrected chi connectivity index (χ2v) is 9.21. The lowest BCUT2D eigenvalue weighted by atomic mass is 9.93. The van der Waals surface area contributed by atoms with Crippen LogP contribution < -0.4 is 10.4 Å². The Morgan fingerprint density at radius 2 is 1.59 bits per heavy atom. The fourth-order valence-electron chi connectivity index (χ4n) is 4.89. The van der Waals surface area contributed by atoms with Crippen LogP contribution in [0.25, 0.3) is 22.1 Å². The molecule has 1 saturated heterocycles. The molecule has 1 aromatic heterocycles. The molecule has 3 aromatic carbocycles. The molecule has 1 aliphatic heterocycles. The molecule has 0 bridgehead atoms. The molecular formula is C32H37NO4. The molecule has 0 spiro atoms. The fourth-order valence-corrected chi connectivity index (χ4v) is 4.89. The molecule has 5 heteroatoms. The molecule has 0 amide bonds. The fraction of sp³-hybridized carbons (Fsp3) is 0.344. The molecule has 2 heterocycles. The number of likely N-dealkylation sites (tertiary alicyclic amines) is 1. The SMILES string of the molecule is CC.O=c1oc2cc(O)ccc2c(Cc2ccc(OCCN3CCCCCC3)cc2)c1-c1ccccc1. The van der Waals surface area contributed by atoms with Gasteiger partial charge in [-0.05, 0) is 73.3 Å². The van der Waals surface area contributed by atoms with Crippen LogP contribution in [0.15, 0.2) is 82.0 Å². The van der Waals surface area contributed by atoms with Gasteiger partial charge in [-0.25, -0.2) is 4.79 Å². The molecule has 0 aliphatic carbocycles. The maximum Gasteiger partial charge on any atom is 0.344 e. The van der Waals surface area contributed by atoms with Crippen molar-refractivity contribution in [1.29, 1.82) is 0 Å². The summed E-state index contributed by atoms with van der Waals surface area (Å²) in [4.78, 5) is 15.5. The van der Waals surface area contributed by atoms with Crippen molar-refractivity contribution in [3.63, 3.8) is 0 Å². The summed E-state index contributed by atoms with van der Waals surface area (Å²) < 4.78 is 11.6. The molecule has 5 rings (SSSR count). The van der Waals surface area contributed by atoms with Gasteiger partial charge in [-0.2, -0.15) is 0 Å². The smallest absolute Gasteiger partial charge is 0.344 e. The summed E-state index contributed by atoms with van der Waals surface area (Å²) in [6, 6.07) is 22.6. The molecule has 0 radical (unpaired) electrons. The van der Waals surface area contributed by atoms with Crippen LogP contribution >= 0.6 is 0 Å². The second-order valence-electron chi connectivity index (χ2n) is 9.21. The van der Waals surface area contributed by atoms with Gasteiger partial charge < -0.3 is 14.3 Å². The minimum absolute atomic E-state index is 0.0701. The number of phenolic OH excluding ortho intramolecular Hbond substituents is 1. The number of fused-ring (bicyclic) bond motifs is 1. The number of hydrogen-bond acceptors (Lipinski definition) is 5. The van der Waals surface area contributed by atoms with Crippen LogP contribution in [0.3, 0.4) is 0 Å². The highest BCUT2D eigenvalue weighted by molar-refractivity contribution is 5.88. The van der Waals surface area contributed by atoms with E-state index in [4.69, 9.17) is 9.15 Å². The highest BCUT2D eigenvalue weighted by atomic mass is 16.5. The molecular weight excluding hydrogens is 462 g/mol. The Morgan fingerprint density at radius 1 is 0.892 bits per heavy atom. The van der Waals surface area contributed by atoms with Crippen LogP contribution in [0.5, 0.6) is 11.5 Å². The number of nitrogens with zero attached hydrogens (tertiary/aromatic N) is 1. The first-order valence-corrected chi connectivity index (χ1v) is 13.5. The monoisotopic (exact) mass is 499 g/mol. The van der Waals surface area contributed by atoms with Crippen molar-refractivity contribution in [2.45, 2.75) is 46.0 Å². The number of benzene rings is 3. The van der Waals surface area contributed by atoms with Crippen LogP contribution in [0.1, 0.15) is 50.7 Å². The molecule has 37 heavy (non-hydrogen) atoms. The number of phenols is 1. The first-order valence-electron chi connectivity index (χ1n) is 13.5. The molecule has 4 aromatic rings. The van der Waals surface area contributed by atoms with E-state index in [1.807, 2.05) is 62.4 Å². The summed E-state index contributed by atoms with van der Waals surface area (Å²) in [6.07, 6.45) is 5.80. The summed E-state index contributed by atoms with van der Waals surface area (Å²) >= 11 is 0. The van der Waals surface area contributed by atoms with Gasteiger partial charge in [0, 0.05) is 18.0 Å². The van der Waals surface area contributed by atoms with Crippen LogP contribution in [-0.4, -0.2) is 36.2 Å². The Balaban J connectivity index is 0.00000156. The number of aromatic hydroxyl groups is 1. The quantitative estimate of drug-likeness (QED) is 0.276. The van der Waals surface area contributed by atoms with Gasteiger partial charge in [-0.15, -0.1) is 0 Å². The summed E-state index contributed by atoms with van der Waals surface area (Å²) in [7, 11) is 0.